The van der Waals surface area contributed by atoms with Crippen LogP contribution in [0.5, 0.6) is 5.75 Å². The van der Waals surface area contributed by atoms with Gasteiger partial charge < -0.3 is 9.30 Å². The quantitative estimate of drug-likeness (QED) is 0.737. The first kappa shape index (κ1) is 15.9. The van der Waals surface area contributed by atoms with E-state index in [0.29, 0.717) is 11.0 Å². The Balaban J connectivity index is 2.14. The molecule has 2 aromatic heterocycles. The maximum atomic E-state index is 12.4. The van der Waals surface area contributed by atoms with Crippen molar-refractivity contribution >= 4 is 23.2 Å². The fraction of sp³-hybridized carbons (Fsp3) is 0.222. The number of aromatic nitrogens is 3. The minimum atomic E-state index is -0.332. The summed E-state index contributed by atoms with van der Waals surface area (Å²) in [5.74, 6) is 0.783. The van der Waals surface area contributed by atoms with Gasteiger partial charge in [0, 0.05) is 26.8 Å². The molecule has 0 aliphatic heterocycles. The highest BCUT2D eigenvalue weighted by Gasteiger charge is 2.13. The van der Waals surface area contributed by atoms with Crippen LogP contribution in [0.1, 0.15) is 11.3 Å². The van der Waals surface area contributed by atoms with E-state index in [2.05, 4.69) is 0 Å². The number of aryl methyl sites for hydroxylation is 2. The Labute approximate surface area is 138 Å². The van der Waals surface area contributed by atoms with Crippen LogP contribution in [0.25, 0.3) is 23.2 Å². The van der Waals surface area contributed by atoms with E-state index in [9.17, 15) is 9.59 Å². The number of ether oxygens (including phenoxy) is 1. The molecule has 0 saturated carbocycles. The molecule has 0 unspecified atom stereocenters. The summed E-state index contributed by atoms with van der Waals surface area (Å²) in [5, 5.41) is 0. The van der Waals surface area contributed by atoms with Crippen LogP contribution in [0, 0.1) is 0 Å². The van der Waals surface area contributed by atoms with Gasteiger partial charge in [0.05, 0.1) is 12.6 Å². The van der Waals surface area contributed by atoms with Gasteiger partial charge in [0.25, 0.3) is 5.56 Å². The van der Waals surface area contributed by atoms with Gasteiger partial charge in [-0.3, -0.25) is 13.9 Å². The Kier molecular flexibility index (Phi) is 3.89. The van der Waals surface area contributed by atoms with E-state index < -0.39 is 0 Å². The molecule has 1 aromatic carbocycles. The van der Waals surface area contributed by atoms with Crippen molar-refractivity contribution < 1.29 is 4.74 Å². The summed E-state index contributed by atoms with van der Waals surface area (Å²) in [7, 11) is 6.60. The molecule has 0 aliphatic rings. The fourth-order valence-corrected chi connectivity index (χ4v) is 2.78. The molecule has 0 bridgehead atoms. The summed E-state index contributed by atoms with van der Waals surface area (Å²) in [6.07, 6.45) is 3.86. The lowest BCUT2D eigenvalue weighted by atomic mass is 10.2. The van der Waals surface area contributed by atoms with Crippen molar-refractivity contribution in [3.63, 3.8) is 0 Å². The monoisotopic (exact) mass is 325 g/mol. The van der Waals surface area contributed by atoms with E-state index in [-0.39, 0.29) is 11.2 Å². The lowest BCUT2D eigenvalue weighted by molar-refractivity contribution is 0.414. The molecule has 0 amide bonds. The highest BCUT2D eigenvalue weighted by Crippen LogP contribution is 2.18. The molecule has 6 heteroatoms. The number of benzene rings is 1. The Bertz CT molecular complexity index is 1070. The fourth-order valence-electron chi connectivity index (χ4n) is 2.78. The minimum Gasteiger partial charge on any atom is -0.497 e. The van der Waals surface area contributed by atoms with Crippen molar-refractivity contribution in [1.29, 1.82) is 0 Å². The van der Waals surface area contributed by atoms with Crippen LogP contribution < -0.4 is 16.0 Å². The molecule has 0 spiro atoms. The summed E-state index contributed by atoms with van der Waals surface area (Å²) in [5.41, 5.74) is 2.33. The summed E-state index contributed by atoms with van der Waals surface area (Å²) in [6.45, 7) is 0. The number of fused-ring (bicyclic) bond motifs is 1. The highest BCUT2D eigenvalue weighted by atomic mass is 16.5. The highest BCUT2D eigenvalue weighted by molar-refractivity contribution is 5.82. The van der Waals surface area contributed by atoms with Gasteiger partial charge in [-0.1, -0.05) is 18.2 Å². The predicted octanol–water partition coefficient (Wildman–Crippen LogP) is 1.75. The van der Waals surface area contributed by atoms with Crippen molar-refractivity contribution in [3.8, 4) is 5.75 Å². The molecule has 2 heterocycles. The normalized spacial score (nSPS) is 11.5. The number of rotatable bonds is 3. The molecule has 0 radical (unpaired) electrons. The second kappa shape index (κ2) is 5.88. The molecule has 0 saturated heterocycles. The number of hydrogen-bond acceptors (Lipinski definition) is 3. The summed E-state index contributed by atoms with van der Waals surface area (Å²) < 4.78 is 9.62. The molecular formula is C18H19N3O3. The third-order valence-corrected chi connectivity index (χ3v) is 4.23. The maximum absolute atomic E-state index is 12.4. The van der Waals surface area contributed by atoms with Gasteiger partial charge in [0.15, 0.2) is 0 Å². The molecule has 0 aliphatic carbocycles. The van der Waals surface area contributed by atoms with Crippen molar-refractivity contribution in [3.05, 3.63) is 62.4 Å². The standard InChI is InChI=1S/C18H19N3O3/c1-19-13(9-8-12-6-5-7-14(10-12)24-4)11-15-16(19)17(22)21(3)18(23)20(15)2/h5-11H,1-4H3/b9-8+. The Morgan fingerprint density at radius 1 is 0.958 bits per heavy atom. The van der Waals surface area contributed by atoms with Gasteiger partial charge >= 0.3 is 5.69 Å². The number of methoxy groups -OCH3 is 1. The molecule has 24 heavy (non-hydrogen) atoms. The topological polar surface area (TPSA) is 58.2 Å². The summed E-state index contributed by atoms with van der Waals surface area (Å²) in [6, 6.07) is 9.53. The average Bonchev–Trinajstić information content (AvgIpc) is 2.93. The lowest BCUT2D eigenvalue weighted by Gasteiger charge is -2.04. The molecule has 6 nitrogen and oxygen atoms in total. The summed E-state index contributed by atoms with van der Waals surface area (Å²) in [4.78, 5) is 24.4. The maximum Gasteiger partial charge on any atom is 0.331 e. The predicted molar refractivity (Wildman–Crippen MR) is 95.3 cm³/mol. The molecule has 0 fully saturated rings. The molecule has 3 aromatic rings. The third-order valence-electron chi connectivity index (χ3n) is 4.23. The minimum absolute atomic E-state index is 0.295. The largest absolute Gasteiger partial charge is 0.497 e. The van der Waals surface area contributed by atoms with E-state index in [4.69, 9.17) is 4.74 Å². The van der Waals surface area contributed by atoms with Crippen LogP contribution in [-0.4, -0.2) is 20.8 Å². The van der Waals surface area contributed by atoms with E-state index in [0.717, 1.165) is 21.6 Å². The summed E-state index contributed by atoms with van der Waals surface area (Å²) >= 11 is 0. The van der Waals surface area contributed by atoms with Crippen LogP contribution in [0.3, 0.4) is 0 Å². The first-order valence-corrected chi connectivity index (χ1v) is 7.51. The van der Waals surface area contributed by atoms with Gasteiger partial charge in [-0.25, -0.2) is 4.79 Å². The van der Waals surface area contributed by atoms with Crippen molar-refractivity contribution in [2.75, 3.05) is 7.11 Å². The Hall–Kier alpha value is -3.02. The van der Waals surface area contributed by atoms with Gasteiger partial charge in [0.2, 0.25) is 0 Å². The van der Waals surface area contributed by atoms with E-state index >= 15 is 0 Å². The van der Waals surface area contributed by atoms with Gasteiger partial charge in [-0.05, 0) is 29.8 Å². The van der Waals surface area contributed by atoms with Gasteiger partial charge in [0.1, 0.15) is 11.3 Å². The van der Waals surface area contributed by atoms with Crippen molar-refractivity contribution in [2.45, 2.75) is 0 Å². The van der Waals surface area contributed by atoms with Crippen LogP contribution in [0.4, 0.5) is 0 Å². The molecular weight excluding hydrogens is 306 g/mol. The number of hydrogen-bond donors (Lipinski definition) is 0. The SMILES string of the molecule is COc1cccc(/C=C/c2cc3c(c(=O)n(C)c(=O)n3C)n2C)c1. The van der Waals surface area contributed by atoms with Crippen molar-refractivity contribution in [1.82, 2.24) is 13.7 Å². The Morgan fingerprint density at radius 2 is 1.71 bits per heavy atom. The zero-order valence-corrected chi connectivity index (χ0v) is 14.1. The van der Waals surface area contributed by atoms with Crippen LogP contribution in [0.2, 0.25) is 0 Å². The second-order valence-electron chi connectivity index (χ2n) is 5.68. The third kappa shape index (κ3) is 2.46. The smallest absolute Gasteiger partial charge is 0.331 e. The first-order valence-electron chi connectivity index (χ1n) is 7.51. The average molecular weight is 325 g/mol. The van der Waals surface area contributed by atoms with Gasteiger partial charge in [-0.15, -0.1) is 0 Å². The zero-order valence-electron chi connectivity index (χ0n) is 14.1. The lowest BCUT2D eigenvalue weighted by Crippen LogP contribution is -2.37. The number of nitrogens with zero attached hydrogens (tertiary/aromatic N) is 3. The van der Waals surface area contributed by atoms with Gasteiger partial charge in [-0.2, -0.15) is 0 Å². The van der Waals surface area contributed by atoms with Crippen LogP contribution >= 0.6 is 0 Å². The van der Waals surface area contributed by atoms with Crippen molar-refractivity contribution in [2.24, 2.45) is 21.1 Å². The molecule has 0 N–H and O–H groups in total. The second-order valence-corrected chi connectivity index (χ2v) is 5.68. The van der Waals surface area contributed by atoms with Crippen LogP contribution in [-0.2, 0) is 21.1 Å². The molecule has 124 valence electrons. The first-order chi connectivity index (χ1) is 11.4. The zero-order chi connectivity index (χ0) is 17.4. The van der Waals surface area contributed by atoms with Crippen LogP contribution in [0.15, 0.2) is 39.9 Å². The van der Waals surface area contributed by atoms with E-state index in [1.165, 1.54) is 11.6 Å². The van der Waals surface area contributed by atoms with E-state index in [1.807, 2.05) is 49.5 Å². The molecule has 0 atom stereocenters. The molecule has 3 rings (SSSR count). The Morgan fingerprint density at radius 3 is 2.42 bits per heavy atom. The van der Waals surface area contributed by atoms with E-state index in [1.54, 1.807) is 18.7 Å².